The van der Waals surface area contributed by atoms with Gasteiger partial charge in [0.1, 0.15) is 12.4 Å². The fourth-order valence-corrected chi connectivity index (χ4v) is 2.29. The monoisotopic (exact) mass is 327 g/mol. The molecule has 108 valence electrons. The predicted molar refractivity (Wildman–Crippen MR) is 85.8 cm³/mol. The van der Waals surface area contributed by atoms with Gasteiger partial charge in [0.2, 0.25) is 0 Å². The molecule has 0 aliphatic heterocycles. The molecule has 0 heterocycles. The van der Waals surface area contributed by atoms with E-state index in [-0.39, 0.29) is 0 Å². The molecule has 2 nitrogen and oxygen atoms in total. The van der Waals surface area contributed by atoms with Gasteiger partial charge >= 0.3 is 0 Å². The summed E-state index contributed by atoms with van der Waals surface area (Å²) in [5.41, 5.74) is 0. The first-order valence-electron chi connectivity index (χ1n) is 7.35. The van der Waals surface area contributed by atoms with Crippen molar-refractivity contribution in [2.24, 2.45) is 5.92 Å². The number of hydrogen-bond acceptors (Lipinski definition) is 2. The van der Waals surface area contributed by atoms with Crippen LogP contribution in [0.1, 0.15) is 39.5 Å². The number of halogens is 1. The number of unbranched alkanes of at least 4 members (excludes halogenated alkanes) is 1. The molecule has 1 atom stereocenters. The third kappa shape index (κ3) is 7.58. The molecular weight excluding hydrogens is 302 g/mol. The van der Waals surface area contributed by atoms with Crippen molar-refractivity contribution in [1.82, 2.24) is 5.32 Å². The summed E-state index contributed by atoms with van der Waals surface area (Å²) in [6, 6.07) is 7.97. The smallest absolute Gasteiger partial charge is 0.119 e. The second-order valence-corrected chi connectivity index (χ2v) is 5.84. The summed E-state index contributed by atoms with van der Waals surface area (Å²) in [5, 5.41) is 3.49. The first-order chi connectivity index (χ1) is 9.26. The highest BCUT2D eigenvalue weighted by atomic mass is 79.9. The molecule has 1 N–H and O–H groups in total. The van der Waals surface area contributed by atoms with Crippen LogP contribution in [0.4, 0.5) is 0 Å². The summed E-state index contributed by atoms with van der Waals surface area (Å²) in [6.07, 6.45) is 5.24. The first kappa shape index (κ1) is 16.5. The third-order valence-electron chi connectivity index (χ3n) is 3.34. The van der Waals surface area contributed by atoms with Crippen LogP contribution in [0, 0.1) is 5.92 Å². The molecule has 0 spiro atoms. The highest BCUT2D eigenvalue weighted by Crippen LogP contribution is 2.15. The van der Waals surface area contributed by atoms with Gasteiger partial charge in [0.25, 0.3) is 0 Å². The minimum absolute atomic E-state index is 0.728. The SMILES string of the molecule is CCCCC(CC)CNCCOc1ccc(Br)cc1. The topological polar surface area (TPSA) is 21.3 Å². The zero-order valence-corrected chi connectivity index (χ0v) is 13.7. The summed E-state index contributed by atoms with van der Waals surface area (Å²) in [7, 11) is 0. The summed E-state index contributed by atoms with van der Waals surface area (Å²) < 4.78 is 6.76. The van der Waals surface area contributed by atoms with Crippen LogP contribution in [0.15, 0.2) is 28.7 Å². The average Bonchev–Trinajstić information content (AvgIpc) is 2.44. The molecule has 0 aromatic heterocycles. The molecule has 0 saturated carbocycles. The van der Waals surface area contributed by atoms with Gasteiger partial charge in [-0.1, -0.05) is 49.0 Å². The highest BCUT2D eigenvalue weighted by Gasteiger charge is 2.04. The maximum absolute atomic E-state index is 5.67. The van der Waals surface area contributed by atoms with E-state index in [0.717, 1.165) is 35.8 Å². The van der Waals surface area contributed by atoms with Crippen molar-refractivity contribution in [3.63, 3.8) is 0 Å². The number of ether oxygens (including phenoxy) is 1. The lowest BCUT2D eigenvalue weighted by molar-refractivity contribution is 0.305. The quantitative estimate of drug-likeness (QED) is 0.632. The third-order valence-corrected chi connectivity index (χ3v) is 3.87. The fraction of sp³-hybridized carbons (Fsp3) is 0.625. The van der Waals surface area contributed by atoms with E-state index in [1.54, 1.807) is 0 Å². The molecule has 19 heavy (non-hydrogen) atoms. The number of nitrogens with one attached hydrogen (secondary N) is 1. The molecule has 3 heteroatoms. The van der Waals surface area contributed by atoms with E-state index in [4.69, 9.17) is 4.74 Å². The van der Waals surface area contributed by atoms with E-state index in [0.29, 0.717) is 0 Å². The van der Waals surface area contributed by atoms with E-state index >= 15 is 0 Å². The molecule has 1 unspecified atom stereocenters. The normalized spacial score (nSPS) is 12.4. The van der Waals surface area contributed by atoms with E-state index in [2.05, 4.69) is 35.1 Å². The Morgan fingerprint density at radius 1 is 1.21 bits per heavy atom. The Morgan fingerprint density at radius 3 is 2.58 bits per heavy atom. The van der Waals surface area contributed by atoms with E-state index < -0.39 is 0 Å². The lowest BCUT2D eigenvalue weighted by Crippen LogP contribution is -2.27. The van der Waals surface area contributed by atoms with E-state index in [1.807, 2.05) is 24.3 Å². The van der Waals surface area contributed by atoms with Crippen molar-refractivity contribution in [1.29, 1.82) is 0 Å². The van der Waals surface area contributed by atoms with Crippen molar-refractivity contribution in [3.8, 4) is 5.75 Å². The number of rotatable bonds is 10. The zero-order chi connectivity index (χ0) is 13.9. The molecule has 0 saturated heterocycles. The Kier molecular flexibility index (Phi) is 8.93. The van der Waals surface area contributed by atoms with Crippen LogP contribution in [0.2, 0.25) is 0 Å². The van der Waals surface area contributed by atoms with Gasteiger partial charge in [-0.05, 0) is 43.1 Å². The molecule has 1 aromatic rings. The molecule has 0 amide bonds. The number of hydrogen-bond donors (Lipinski definition) is 1. The minimum atomic E-state index is 0.728. The van der Waals surface area contributed by atoms with Gasteiger partial charge < -0.3 is 10.1 Å². The van der Waals surface area contributed by atoms with Crippen molar-refractivity contribution >= 4 is 15.9 Å². The molecule has 1 aromatic carbocycles. The van der Waals surface area contributed by atoms with Crippen molar-refractivity contribution in [2.45, 2.75) is 39.5 Å². The van der Waals surface area contributed by atoms with Crippen molar-refractivity contribution in [2.75, 3.05) is 19.7 Å². The molecular formula is C16H26BrNO. The fourth-order valence-electron chi connectivity index (χ4n) is 2.02. The van der Waals surface area contributed by atoms with Gasteiger partial charge in [-0.25, -0.2) is 0 Å². The van der Waals surface area contributed by atoms with Crippen LogP contribution in [0.25, 0.3) is 0 Å². The summed E-state index contributed by atoms with van der Waals surface area (Å²) >= 11 is 3.41. The first-order valence-corrected chi connectivity index (χ1v) is 8.14. The Hall–Kier alpha value is -0.540. The van der Waals surface area contributed by atoms with E-state index in [9.17, 15) is 0 Å². The Morgan fingerprint density at radius 2 is 1.95 bits per heavy atom. The van der Waals surface area contributed by atoms with Crippen LogP contribution in [0.5, 0.6) is 5.75 Å². The summed E-state index contributed by atoms with van der Waals surface area (Å²) in [5.74, 6) is 1.75. The van der Waals surface area contributed by atoms with E-state index in [1.165, 1.54) is 25.7 Å². The molecule has 0 radical (unpaired) electrons. The predicted octanol–water partition coefficient (Wildman–Crippen LogP) is 4.63. The zero-order valence-electron chi connectivity index (χ0n) is 12.1. The Bertz CT molecular complexity index is 326. The summed E-state index contributed by atoms with van der Waals surface area (Å²) in [6.45, 7) is 7.29. The van der Waals surface area contributed by atoms with Crippen LogP contribution in [-0.4, -0.2) is 19.7 Å². The van der Waals surface area contributed by atoms with Crippen LogP contribution in [-0.2, 0) is 0 Å². The second kappa shape index (κ2) is 10.3. The van der Waals surface area contributed by atoms with Gasteiger partial charge in [0, 0.05) is 11.0 Å². The number of benzene rings is 1. The Labute approximate surface area is 126 Å². The second-order valence-electron chi connectivity index (χ2n) is 4.92. The van der Waals surface area contributed by atoms with Crippen LogP contribution >= 0.6 is 15.9 Å². The maximum Gasteiger partial charge on any atom is 0.119 e. The molecule has 0 bridgehead atoms. The summed E-state index contributed by atoms with van der Waals surface area (Å²) in [4.78, 5) is 0. The molecule has 0 aliphatic rings. The molecule has 0 aliphatic carbocycles. The minimum Gasteiger partial charge on any atom is -0.492 e. The molecule has 1 rings (SSSR count). The lowest BCUT2D eigenvalue weighted by atomic mass is 9.99. The Balaban J connectivity index is 2.08. The van der Waals surface area contributed by atoms with Gasteiger partial charge in [0.05, 0.1) is 0 Å². The van der Waals surface area contributed by atoms with Gasteiger partial charge in [0.15, 0.2) is 0 Å². The molecule has 0 fully saturated rings. The maximum atomic E-state index is 5.67. The van der Waals surface area contributed by atoms with Gasteiger partial charge in [-0.15, -0.1) is 0 Å². The standard InChI is InChI=1S/C16H26BrNO/c1-3-5-6-14(4-2)13-18-11-12-19-16-9-7-15(17)8-10-16/h7-10,14,18H,3-6,11-13H2,1-2H3. The highest BCUT2D eigenvalue weighted by molar-refractivity contribution is 9.10. The largest absolute Gasteiger partial charge is 0.492 e. The van der Waals surface area contributed by atoms with Crippen molar-refractivity contribution < 1.29 is 4.74 Å². The van der Waals surface area contributed by atoms with Gasteiger partial charge in [-0.2, -0.15) is 0 Å². The van der Waals surface area contributed by atoms with Crippen molar-refractivity contribution in [3.05, 3.63) is 28.7 Å². The van der Waals surface area contributed by atoms with Crippen LogP contribution in [0.3, 0.4) is 0 Å². The lowest BCUT2D eigenvalue weighted by Gasteiger charge is -2.15. The van der Waals surface area contributed by atoms with Gasteiger partial charge in [-0.3, -0.25) is 0 Å². The average molecular weight is 328 g/mol. The van der Waals surface area contributed by atoms with Crippen LogP contribution < -0.4 is 10.1 Å².